The summed E-state index contributed by atoms with van der Waals surface area (Å²) in [5, 5.41) is 2.87. The third-order valence-electron chi connectivity index (χ3n) is 4.98. The summed E-state index contributed by atoms with van der Waals surface area (Å²) in [6, 6.07) is 18.6. The second kappa shape index (κ2) is 9.40. The van der Waals surface area contributed by atoms with Gasteiger partial charge in [-0.3, -0.25) is 4.79 Å². The third-order valence-corrected chi connectivity index (χ3v) is 8.59. The number of anilines is 1. The van der Waals surface area contributed by atoms with Gasteiger partial charge in [0.15, 0.2) is 5.75 Å². The molecule has 2 heterocycles. The average Bonchev–Trinajstić information content (AvgIpc) is 3.23. The number of sulfonamides is 1. The Hall–Kier alpha value is -2.39. The number of amides is 1. The van der Waals surface area contributed by atoms with Crippen LogP contribution in [0.4, 0.5) is 5.69 Å². The topological polar surface area (TPSA) is 75.7 Å². The van der Waals surface area contributed by atoms with Crippen molar-refractivity contribution in [3.05, 3.63) is 71.1 Å². The van der Waals surface area contributed by atoms with E-state index in [0.29, 0.717) is 34.4 Å². The molecule has 0 aliphatic carbocycles. The zero-order valence-corrected chi connectivity index (χ0v) is 18.9. The normalized spacial score (nSPS) is 17.3. The van der Waals surface area contributed by atoms with E-state index in [2.05, 4.69) is 5.32 Å². The fraction of sp³-hybridized carbons (Fsp3) is 0.227. The molecule has 1 aliphatic heterocycles. The van der Waals surface area contributed by atoms with E-state index in [1.54, 1.807) is 24.3 Å². The van der Waals surface area contributed by atoms with E-state index >= 15 is 0 Å². The first-order valence-electron chi connectivity index (χ1n) is 9.85. The van der Waals surface area contributed by atoms with Crippen molar-refractivity contribution in [3.8, 4) is 11.5 Å². The number of nitrogens with zero attached hydrogens (tertiary/aromatic N) is 1. The van der Waals surface area contributed by atoms with Gasteiger partial charge in [0.2, 0.25) is 5.91 Å². The maximum atomic E-state index is 13.2. The molecule has 0 radical (unpaired) electrons. The summed E-state index contributed by atoms with van der Waals surface area (Å²) in [4.78, 5) is 13.2. The van der Waals surface area contributed by atoms with E-state index in [9.17, 15) is 13.2 Å². The monoisotopic (exact) mass is 476 g/mol. The number of piperidine rings is 1. The molecule has 9 heteroatoms. The Labute approximate surface area is 190 Å². The van der Waals surface area contributed by atoms with Crippen molar-refractivity contribution in [1.29, 1.82) is 0 Å². The summed E-state index contributed by atoms with van der Waals surface area (Å²) in [6.07, 6.45) is 1.93. The minimum atomic E-state index is -3.81. The molecule has 1 fully saturated rings. The van der Waals surface area contributed by atoms with Crippen LogP contribution in [-0.2, 0) is 14.8 Å². The first-order chi connectivity index (χ1) is 14.9. The molecule has 2 aromatic carbocycles. The fourth-order valence-corrected chi connectivity index (χ4v) is 6.77. The fourth-order valence-electron chi connectivity index (χ4n) is 3.50. The molecule has 6 nitrogen and oxygen atoms in total. The Morgan fingerprint density at radius 1 is 1.03 bits per heavy atom. The highest BCUT2D eigenvalue weighted by Crippen LogP contribution is 2.33. The summed E-state index contributed by atoms with van der Waals surface area (Å²) in [6.45, 7) is 0.290. The molecule has 1 amide bonds. The third kappa shape index (κ3) is 4.93. The van der Waals surface area contributed by atoms with E-state index < -0.39 is 16.1 Å². The van der Waals surface area contributed by atoms with Crippen LogP contribution in [0.1, 0.15) is 19.3 Å². The number of carbonyl (C=O) groups is 1. The highest BCUT2D eigenvalue weighted by Gasteiger charge is 2.38. The van der Waals surface area contributed by atoms with E-state index in [4.69, 9.17) is 16.3 Å². The summed E-state index contributed by atoms with van der Waals surface area (Å²) in [5.41, 5.74) is 0.485. The lowest BCUT2D eigenvalue weighted by Gasteiger charge is -2.33. The molecule has 0 bridgehead atoms. The van der Waals surface area contributed by atoms with Gasteiger partial charge in [0.1, 0.15) is 16.0 Å². The zero-order valence-electron chi connectivity index (χ0n) is 16.5. The molecule has 1 atom stereocenters. The summed E-state index contributed by atoms with van der Waals surface area (Å²) < 4.78 is 34.0. The summed E-state index contributed by atoms with van der Waals surface area (Å²) >= 11 is 6.93. The first kappa shape index (κ1) is 21.8. The van der Waals surface area contributed by atoms with Crippen molar-refractivity contribution in [1.82, 2.24) is 4.31 Å². The van der Waals surface area contributed by atoms with Crippen molar-refractivity contribution in [3.63, 3.8) is 0 Å². The van der Waals surface area contributed by atoms with Gasteiger partial charge >= 0.3 is 0 Å². The quantitative estimate of drug-likeness (QED) is 0.518. The molecule has 4 rings (SSSR count). The number of thiophene rings is 1. The van der Waals surface area contributed by atoms with Crippen LogP contribution in [0.25, 0.3) is 0 Å². The zero-order chi connectivity index (χ0) is 21.8. The van der Waals surface area contributed by atoms with Gasteiger partial charge in [-0.25, -0.2) is 8.42 Å². The highest BCUT2D eigenvalue weighted by molar-refractivity contribution is 7.91. The van der Waals surface area contributed by atoms with Gasteiger partial charge in [0.25, 0.3) is 10.0 Å². The maximum absolute atomic E-state index is 13.2. The largest absolute Gasteiger partial charge is 0.455 e. The number of para-hydroxylation sites is 3. The lowest BCUT2D eigenvalue weighted by Crippen LogP contribution is -2.49. The molecule has 31 heavy (non-hydrogen) atoms. The van der Waals surface area contributed by atoms with E-state index in [0.717, 1.165) is 17.8 Å². The average molecular weight is 477 g/mol. The minimum absolute atomic E-state index is 0.144. The van der Waals surface area contributed by atoms with E-state index in [-0.39, 0.29) is 16.7 Å². The number of nitrogens with one attached hydrogen (secondary N) is 1. The molecule has 0 saturated carbocycles. The second-order valence-corrected chi connectivity index (χ2v) is 10.9. The van der Waals surface area contributed by atoms with Gasteiger partial charge in [0.05, 0.1) is 10.0 Å². The van der Waals surface area contributed by atoms with Crippen LogP contribution in [-0.4, -0.2) is 31.2 Å². The maximum Gasteiger partial charge on any atom is 0.253 e. The van der Waals surface area contributed by atoms with Crippen LogP contribution in [0.15, 0.2) is 70.9 Å². The van der Waals surface area contributed by atoms with E-state index in [1.807, 2.05) is 36.4 Å². The lowest BCUT2D eigenvalue weighted by molar-refractivity contribution is -0.120. The predicted molar refractivity (Wildman–Crippen MR) is 122 cm³/mol. The van der Waals surface area contributed by atoms with Crippen LogP contribution in [0.5, 0.6) is 11.5 Å². The number of rotatable bonds is 6. The number of carbonyl (C=O) groups excluding carboxylic acids is 1. The number of hydrogen-bond donors (Lipinski definition) is 1. The standard InChI is InChI=1S/C22H21ClN2O4S2/c23-20-13-14-21(30-20)31(27,28)25-15-7-6-11-18(25)22(26)24-17-10-4-5-12-19(17)29-16-8-2-1-3-9-16/h1-5,8-10,12-14,18H,6-7,11,15H2,(H,24,26). The van der Waals surface area contributed by atoms with Crippen molar-refractivity contribution >= 4 is 44.6 Å². The van der Waals surface area contributed by atoms with Crippen LogP contribution in [0.2, 0.25) is 4.34 Å². The number of ether oxygens (including phenoxy) is 1. The molecule has 1 unspecified atom stereocenters. The molecule has 1 aromatic heterocycles. The Morgan fingerprint density at radius 3 is 2.52 bits per heavy atom. The predicted octanol–water partition coefficient (Wildman–Crippen LogP) is 5.38. The molecular weight excluding hydrogens is 456 g/mol. The summed E-state index contributed by atoms with van der Waals surface area (Å²) in [5.74, 6) is 0.744. The Bertz CT molecular complexity index is 1170. The SMILES string of the molecule is O=C(Nc1ccccc1Oc1ccccc1)C1CCCCN1S(=O)(=O)c1ccc(Cl)s1. The molecule has 1 N–H and O–H groups in total. The molecule has 1 aliphatic rings. The van der Waals surface area contributed by atoms with Gasteiger partial charge in [-0.1, -0.05) is 48.4 Å². The van der Waals surface area contributed by atoms with Crippen LogP contribution in [0, 0.1) is 0 Å². The van der Waals surface area contributed by atoms with Crippen molar-refractivity contribution in [2.75, 3.05) is 11.9 Å². The summed E-state index contributed by atoms with van der Waals surface area (Å²) in [7, 11) is -3.81. The Morgan fingerprint density at radius 2 is 1.77 bits per heavy atom. The molecule has 1 saturated heterocycles. The second-order valence-electron chi connectivity index (χ2n) is 7.09. The Kier molecular flexibility index (Phi) is 6.62. The molecular formula is C22H21ClN2O4S2. The number of halogens is 1. The Balaban J connectivity index is 1.56. The van der Waals surface area contributed by atoms with Crippen molar-refractivity contribution in [2.24, 2.45) is 0 Å². The molecule has 162 valence electrons. The highest BCUT2D eigenvalue weighted by atomic mass is 35.5. The van der Waals surface area contributed by atoms with Crippen LogP contribution >= 0.6 is 22.9 Å². The van der Waals surface area contributed by atoms with Gasteiger partial charge < -0.3 is 10.1 Å². The van der Waals surface area contributed by atoms with E-state index in [1.165, 1.54) is 10.4 Å². The van der Waals surface area contributed by atoms with Crippen LogP contribution < -0.4 is 10.1 Å². The smallest absolute Gasteiger partial charge is 0.253 e. The van der Waals surface area contributed by atoms with Gasteiger partial charge in [-0.2, -0.15) is 4.31 Å². The lowest BCUT2D eigenvalue weighted by atomic mass is 10.0. The number of hydrogen-bond acceptors (Lipinski definition) is 5. The van der Waals surface area contributed by atoms with Gasteiger partial charge in [-0.05, 0) is 49.2 Å². The van der Waals surface area contributed by atoms with Gasteiger partial charge in [-0.15, -0.1) is 11.3 Å². The van der Waals surface area contributed by atoms with Gasteiger partial charge in [0, 0.05) is 6.54 Å². The first-order valence-corrected chi connectivity index (χ1v) is 12.5. The van der Waals surface area contributed by atoms with Crippen molar-refractivity contribution in [2.45, 2.75) is 29.5 Å². The van der Waals surface area contributed by atoms with Crippen LogP contribution in [0.3, 0.4) is 0 Å². The molecule has 3 aromatic rings. The van der Waals surface area contributed by atoms with Crippen molar-refractivity contribution < 1.29 is 17.9 Å². The molecule has 0 spiro atoms. The minimum Gasteiger partial charge on any atom is -0.455 e. The number of benzene rings is 2.